The molecule has 2 aromatic rings. The van der Waals surface area contributed by atoms with Gasteiger partial charge in [0, 0.05) is 16.5 Å². The van der Waals surface area contributed by atoms with Gasteiger partial charge in [-0.2, -0.15) is 0 Å². The Bertz CT molecular complexity index is 1120. The van der Waals surface area contributed by atoms with Crippen LogP contribution in [0.3, 0.4) is 0 Å². The molecule has 166 valence electrons. The van der Waals surface area contributed by atoms with Crippen molar-refractivity contribution in [3.8, 4) is 0 Å². The van der Waals surface area contributed by atoms with Crippen LogP contribution in [0.25, 0.3) is 0 Å². The summed E-state index contributed by atoms with van der Waals surface area (Å²) < 4.78 is 27.8. The zero-order valence-electron chi connectivity index (χ0n) is 17.6. The molecule has 1 saturated heterocycles. The number of benzene rings is 2. The van der Waals surface area contributed by atoms with Crippen LogP contribution in [0.2, 0.25) is 5.02 Å². The van der Waals surface area contributed by atoms with E-state index in [0.717, 1.165) is 6.42 Å². The van der Waals surface area contributed by atoms with E-state index in [2.05, 4.69) is 17.0 Å². The summed E-state index contributed by atoms with van der Waals surface area (Å²) in [4.78, 5) is 24.2. The summed E-state index contributed by atoms with van der Waals surface area (Å²) >= 11 is 6.04. The average molecular weight is 465 g/mol. The van der Waals surface area contributed by atoms with Crippen LogP contribution in [0.1, 0.15) is 33.6 Å². The summed E-state index contributed by atoms with van der Waals surface area (Å²) in [6.45, 7) is 6.60. The minimum absolute atomic E-state index is 0.0506. The molecule has 31 heavy (non-hydrogen) atoms. The van der Waals surface area contributed by atoms with Crippen LogP contribution in [0.4, 0.5) is 11.4 Å². The molecular weight excluding hydrogens is 440 g/mol. The lowest BCUT2D eigenvalue weighted by molar-refractivity contribution is -0.410. The second-order valence-electron chi connectivity index (χ2n) is 8.92. The molecule has 1 aliphatic carbocycles. The Morgan fingerprint density at radius 3 is 2.39 bits per heavy atom. The fraction of sp³-hybridized carbons (Fsp3) is 0.409. The summed E-state index contributed by atoms with van der Waals surface area (Å²) in [6, 6.07) is 12.5. The standard InChI is InChI=1S/C22H25ClN2O5S/c1-20(2)21(3)12-13-22(20,30-29-14-21)19(26)24-15-8-10-16(11-9-15)31(27,28)25-18-7-5-4-6-17(18)23/h4-11,25H,12-14H2,1-3H3,(H,24,26)/t21-,22+/m1/s1. The highest BCUT2D eigenvalue weighted by Gasteiger charge is 2.68. The number of rotatable bonds is 5. The van der Waals surface area contributed by atoms with Crippen LogP contribution in [-0.2, 0) is 24.6 Å². The molecular formula is C22H25ClN2O5S. The quantitative estimate of drug-likeness (QED) is 0.630. The molecule has 2 bridgehead atoms. The van der Waals surface area contributed by atoms with Gasteiger partial charge in [0.05, 0.1) is 22.2 Å². The van der Waals surface area contributed by atoms with E-state index in [0.29, 0.717) is 29.4 Å². The number of anilines is 2. The van der Waals surface area contributed by atoms with Gasteiger partial charge in [0.15, 0.2) is 5.60 Å². The van der Waals surface area contributed by atoms with Gasteiger partial charge in [-0.3, -0.25) is 9.52 Å². The van der Waals surface area contributed by atoms with Crippen LogP contribution in [0, 0.1) is 10.8 Å². The first-order chi connectivity index (χ1) is 14.5. The van der Waals surface area contributed by atoms with Gasteiger partial charge in [-0.25, -0.2) is 18.2 Å². The van der Waals surface area contributed by atoms with Gasteiger partial charge in [-0.05, 0) is 49.2 Å². The second kappa shape index (κ2) is 7.48. The first-order valence-electron chi connectivity index (χ1n) is 10.0. The SMILES string of the molecule is CC1(C)[C@]2(C)CC[C@@]1(C(=O)Nc1ccc(S(=O)(=O)Nc3ccccc3Cl)cc1)OOC2. The molecule has 2 fully saturated rings. The summed E-state index contributed by atoms with van der Waals surface area (Å²) in [5.41, 5.74) is -0.928. The van der Waals surface area contributed by atoms with Crippen LogP contribution < -0.4 is 10.0 Å². The highest BCUT2D eigenvalue weighted by molar-refractivity contribution is 7.92. The number of nitrogens with one attached hydrogen (secondary N) is 2. The lowest BCUT2D eigenvalue weighted by Crippen LogP contribution is -2.60. The van der Waals surface area contributed by atoms with Crippen molar-refractivity contribution in [1.82, 2.24) is 0 Å². The molecule has 2 N–H and O–H groups in total. The normalized spacial score (nSPS) is 27.0. The second-order valence-corrected chi connectivity index (χ2v) is 11.0. The highest BCUT2D eigenvalue weighted by atomic mass is 35.5. The van der Waals surface area contributed by atoms with Gasteiger partial charge in [0.1, 0.15) is 0 Å². The average Bonchev–Trinajstić information content (AvgIpc) is 2.84. The third-order valence-electron chi connectivity index (χ3n) is 7.03. The number of para-hydroxylation sites is 1. The third-order valence-corrected chi connectivity index (χ3v) is 8.74. The van der Waals surface area contributed by atoms with Crippen molar-refractivity contribution >= 4 is 38.9 Å². The third kappa shape index (κ3) is 3.51. The molecule has 0 unspecified atom stereocenters. The lowest BCUT2D eigenvalue weighted by atomic mass is 9.63. The molecule has 1 amide bonds. The topological polar surface area (TPSA) is 93.7 Å². The molecule has 7 nitrogen and oxygen atoms in total. The van der Waals surface area contributed by atoms with Crippen molar-refractivity contribution in [2.75, 3.05) is 16.6 Å². The molecule has 0 radical (unpaired) electrons. The largest absolute Gasteiger partial charge is 0.323 e. The van der Waals surface area contributed by atoms with Gasteiger partial charge in [0.2, 0.25) is 0 Å². The Labute approximate surface area is 187 Å². The van der Waals surface area contributed by atoms with Crippen LogP contribution in [-0.4, -0.2) is 26.5 Å². The molecule has 4 rings (SSSR count). The van der Waals surface area contributed by atoms with Crippen LogP contribution in [0.15, 0.2) is 53.4 Å². The number of sulfonamides is 1. The Kier molecular flexibility index (Phi) is 5.33. The van der Waals surface area contributed by atoms with E-state index in [1.165, 1.54) is 12.1 Å². The summed E-state index contributed by atoms with van der Waals surface area (Å²) in [5, 5.41) is 3.16. The number of halogens is 1. The van der Waals surface area contributed by atoms with Gasteiger partial charge in [-0.15, -0.1) is 0 Å². The van der Waals surface area contributed by atoms with E-state index >= 15 is 0 Å². The first-order valence-corrected chi connectivity index (χ1v) is 11.9. The molecule has 0 aromatic heterocycles. The predicted molar refractivity (Wildman–Crippen MR) is 118 cm³/mol. The van der Waals surface area contributed by atoms with Crippen molar-refractivity contribution in [3.05, 3.63) is 53.6 Å². The molecule has 2 atom stereocenters. The Morgan fingerprint density at radius 1 is 1.03 bits per heavy atom. The smallest absolute Gasteiger partial charge is 0.261 e. The summed E-state index contributed by atoms with van der Waals surface area (Å²) in [5.74, 6) is -0.300. The maximum Gasteiger partial charge on any atom is 0.261 e. The van der Waals surface area contributed by atoms with Gasteiger partial charge in [0.25, 0.3) is 15.9 Å². The number of amides is 1. The first kappa shape index (κ1) is 22.1. The zero-order valence-corrected chi connectivity index (χ0v) is 19.1. The van der Waals surface area contributed by atoms with Crippen LogP contribution in [0.5, 0.6) is 0 Å². The van der Waals surface area contributed by atoms with E-state index in [1.807, 2.05) is 13.8 Å². The van der Waals surface area contributed by atoms with Gasteiger partial charge >= 0.3 is 0 Å². The molecule has 9 heteroatoms. The Hall–Kier alpha value is -2.13. The van der Waals surface area contributed by atoms with E-state index in [9.17, 15) is 13.2 Å². The van der Waals surface area contributed by atoms with Crippen molar-refractivity contribution in [1.29, 1.82) is 0 Å². The summed E-state index contributed by atoms with van der Waals surface area (Å²) in [6.07, 6.45) is 1.37. The summed E-state index contributed by atoms with van der Waals surface area (Å²) in [7, 11) is -3.83. The predicted octanol–water partition coefficient (Wildman–Crippen LogP) is 4.61. The molecule has 2 aromatic carbocycles. The molecule has 0 spiro atoms. The van der Waals surface area contributed by atoms with Crippen molar-refractivity contribution in [3.63, 3.8) is 0 Å². The molecule has 1 aliphatic heterocycles. The maximum absolute atomic E-state index is 13.2. The number of fused-ring (bicyclic) bond motifs is 2. The maximum atomic E-state index is 13.2. The number of hydrogen-bond acceptors (Lipinski definition) is 5. The molecule has 1 saturated carbocycles. The highest BCUT2D eigenvalue weighted by Crippen LogP contribution is 2.62. The van der Waals surface area contributed by atoms with E-state index < -0.39 is 21.0 Å². The number of carbonyl (C=O) groups excluding carboxylic acids is 1. The monoisotopic (exact) mass is 464 g/mol. The van der Waals surface area contributed by atoms with E-state index in [-0.39, 0.29) is 16.2 Å². The van der Waals surface area contributed by atoms with E-state index in [1.54, 1.807) is 36.4 Å². The van der Waals surface area contributed by atoms with Crippen molar-refractivity contribution in [2.24, 2.45) is 10.8 Å². The number of carbonyl (C=O) groups is 1. The Balaban J connectivity index is 1.52. The van der Waals surface area contributed by atoms with Crippen LogP contribution >= 0.6 is 11.6 Å². The molecule has 1 heterocycles. The number of hydrogen-bond donors (Lipinski definition) is 2. The fourth-order valence-corrected chi connectivity index (χ4v) is 5.67. The van der Waals surface area contributed by atoms with Gasteiger partial charge < -0.3 is 5.32 Å². The van der Waals surface area contributed by atoms with Crippen molar-refractivity contribution < 1.29 is 23.0 Å². The van der Waals surface area contributed by atoms with Crippen molar-refractivity contribution in [2.45, 2.75) is 44.1 Å². The lowest BCUT2D eigenvalue weighted by Gasteiger charge is -2.49. The van der Waals surface area contributed by atoms with Gasteiger partial charge in [-0.1, -0.05) is 44.5 Å². The Morgan fingerprint density at radius 2 is 1.71 bits per heavy atom. The van der Waals surface area contributed by atoms with E-state index in [4.69, 9.17) is 21.4 Å². The fourth-order valence-electron chi connectivity index (χ4n) is 4.36. The molecule has 2 aliphatic rings. The zero-order chi connectivity index (χ0) is 22.5. The minimum atomic E-state index is -3.83. The minimum Gasteiger partial charge on any atom is -0.323 e.